The van der Waals surface area contributed by atoms with Crippen LogP contribution in [-0.2, 0) is 38.0 Å². The van der Waals surface area contributed by atoms with Crippen molar-refractivity contribution in [1.82, 2.24) is 0 Å². The summed E-state index contributed by atoms with van der Waals surface area (Å²) in [6.45, 7) is 15.9. The maximum absolute atomic E-state index is 14.1. The fourth-order valence-corrected chi connectivity index (χ4v) is 8.52. The molecule has 0 aliphatic carbocycles. The van der Waals surface area contributed by atoms with Gasteiger partial charge in [0.2, 0.25) is 0 Å². The number of quaternary nitrogens is 1. The average Bonchev–Trinajstić information content (AvgIpc) is 3.05. The van der Waals surface area contributed by atoms with Crippen LogP contribution in [0.2, 0.25) is 0 Å². The highest BCUT2D eigenvalue weighted by atomic mass is 16.7. The Kier molecular flexibility index (Phi) is 14.6. The van der Waals surface area contributed by atoms with Crippen molar-refractivity contribution in [1.29, 1.82) is 0 Å². The molecule has 18 atom stereocenters. The van der Waals surface area contributed by atoms with E-state index in [4.69, 9.17) is 28.4 Å². The summed E-state index contributed by atoms with van der Waals surface area (Å²) in [7, 11) is 4.30. The fourth-order valence-electron chi connectivity index (χ4n) is 8.52. The zero-order valence-electron chi connectivity index (χ0n) is 33.3. The highest BCUT2D eigenvalue weighted by Crippen LogP contribution is 2.41. The Morgan fingerprint density at radius 3 is 2.04 bits per heavy atom. The summed E-state index contributed by atoms with van der Waals surface area (Å²) in [5, 5.41) is 70.7. The number of hydroxylamine groups is 3. The number of methoxy groups -OCH3 is 1. The molecule has 15 nitrogen and oxygen atoms in total. The Labute approximate surface area is 309 Å². The molecule has 3 heterocycles. The smallest absolute Gasteiger partial charge is 0.311 e. The first-order valence-electron chi connectivity index (χ1n) is 18.7. The van der Waals surface area contributed by atoms with Crippen molar-refractivity contribution >= 4 is 11.8 Å². The zero-order chi connectivity index (χ0) is 39.9. The van der Waals surface area contributed by atoms with E-state index in [0.29, 0.717) is 0 Å². The predicted molar refractivity (Wildman–Crippen MR) is 188 cm³/mol. The molecule has 0 spiro atoms. The van der Waals surface area contributed by atoms with Crippen molar-refractivity contribution in [2.24, 2.45) is 23.7 Å². The number of hydrogen-bond donors (Lipinski definition) is 5. The lowest BCUT2D eigenvalue weighted by atomic mass is 9.74. The summed E-state index contributed by atoms with van der Waals surface area (Å²) in [6, 6.07) is -0.828. The minimum atomic E-state index is -2.02. The summed E-state index contributed by atoms with van der Waals surface area (Å²) in [5.74, 6) is -5.27. The van der Waals surface area contributed by atoms with Gasteiger partial charge < -0.3 is 63.8 Å². The molecule has 0 aromatic carbocycles. The van der Waals surface area contributed by atoms with Gasteiger partial charge in [0.1, 0.15) is 29.6 Å². The Hall–Kier alpha value is -1.34. The summed E-state index contributed by atoms with van der Waals surface area (Å²) < 4.78 is 36.0. The highest BCUT2D eigenvalue weighted by Gasteiger charge is 2.54. The Morgan fingerprint density at radius 2 is 1.50 bits per heavy atom. The number of aliphatic hydroxyl groups excluding tert-OH is 3. The molecule has 0 aromatic rings. The number of likely N-dealkylation sites (N-methyl/N-ethyl adjacent to an activating group) is 1. The van der Waals surface area contributed by atoms with Gasteiger partial charge >= 0.3 is 5.97 Å². The molecule has 52 heavy (non-hydrogen) atoms. The summed E-state index contributed by atoms with van der Waals surface area (Å²) in [4.78, 5) is 27.9. The largest absolute Gasteiger partial charge is 0.633 e. The third-order valence-electron chi connectivity index (χ3n) is 12.0. The van der Waals surface area contributed by atoms with Crippen molar-refractivity contribution < 1.29 is 68.2 Å². The SMILES string of the molecule is CC[C@H]1OC(=O)[C@H](C)C(O[C@H]2C[C@@](C)(OC)[C@@H](O)[C@H](C)O2)[C@H](C)[C@@H](O[C@@H]2O[C@H](C)C[C@H]([N+](C)(C)[O-])[C@H]2O)[C@](C)(O)C[C@@H](C)C(=O)[C@H](C)[C@@H](O)[C@]1(C)O. The van der Waals surface area contributed by atoms with Crippen LogP contribution in [0.4, 0.5) is 0 Å². The van der Waals surface area contributed by atoms with Crippen molar-refractivity contribution in [3.05, 3.63) is 5.21 Å². The fraction of sp³-hybridized carbons (Fsp3) is 0.946. The molecular formula is C37H67NO14. The van der Waals surface area contributed by atoms with Gasteiger partial charge in [-0.1, -0.05) is 27.7 Å². The first-order valence-corrected chi connectivity index (χ1v) is 18.7. The molecular weight excluding hydrogens is 682 g/mol. The minimum absolute atomic E-state index is 0.0595. The third-order valence-corrected chi connectivity index (χ3v) is 12.0. The van der Waals surface area contributed by atoms with E-state index >= 15 is 0 Å². The normalized spacial score (nSPS) is 49.2. The summed E-state index contributed by atoms with van der Waals surface area (Å²) in [5.41, 5.74) is -4.98. The van der Waals surface area contributed by atoms with Crippen LogP contribution in [0, 0.1) is 28.9 Å². The number of aliphatic hydroxyl groups is 5. The summed E-state index contributed by atoms with van der Waals surface area (Å²) >= 11 is 0. The van der Waals surface area contributed by atoms with E-state index in [0.717, 1.165) is 0 Å². The molecule has 3 fully saturated rings. The lowest BCUT2D eigenvalue weighted by Gasteiger charge is -2.51. The Bertz CT molecular complexity index is 1210. The highest BCUT2D eigenvalue weighted by molar-refractivity contribution is 5.83. The lowest BCUT2D eigenvalue weighted by molar-refractivity contribution is -0.874. The molecule has 1 unspecified atom stereocenters. The topological polar surface area (TPSA) is 214 Å². The molecule has 0 bridgehead atoms. The van der Waals surface area contributed by atoms with Crippen LogP contribution < -0.4 is 0 Å². The van der Waals surface area contributed by atoms with Crippen molar-refractivity contribution in [2.45, 2.75) is 179 Å². The van der Waals surface area contributed by atoms with Gasteiger partial charge in [-0.05, 0) is 54.4 Å². The van der Waals surface area contributed by atoms with Crippen molar-refractivity contribution in [3.63, 3.8) is 0 Å². The number of ketones is 1. The van der Waals surface area contributed by atoms with E-state index in [2.05, 4.69) is 0 Å². The molecule has 5 N–H and O–H groups in total. The van der Waals surface area contributed by atoms with Crippen LogP contribution in [0.15, 0.2) is 0 Å². The van der Waals surface area contributed by atoms with E-state index in [9.17, 15) is 40.3 Å². The Morgan fingerprint density at radius 1 is 0.904 bits per heavy atom. The molecule has 0 aromatic heterocycles. The first-order chi connectivity index (χ1) is 23.7. The van der Waals surface area contributed by atoms with Crippen LogP contribution in [-0.4, -0.2) is 147 Å². The third kappa shape index (κ3) is 9.54. The van der Waals surface area contributed by atoms with Gasteiger partial charge in [-0.3, -0.25) is 9.59 Å². The molecule has 0 radical (unpaired) electrons. The average molecular weight is 750 g/mol. The number of cyclic esters (lactones) is 1. The molecule has 3 aliphatic rings. The number of hydrogen-bond acceptors (Lipinski definition) is 14. The molecule has 3 aliphatic heterocycles. The van der Waals surface area contributed by atoms with Gasteiger partial charge in [-0.25, -0.2) is 0 Å². The van der Waals surface area contributed by atoms with Crippen LogP contribution >= 0.6 is 0 Å². The number of carbonyl (C=O) groups excluding carboxylic acids is 2. The van der Waals surface area contributed by atoms with E-state index in [1.165, 1.54) is 42.0 Å². The number of Topliss-reactive ketones (excluding diaryl/α,β-unsaturated/α-hetero) is 1. The predicted octanol–water partition coefficient (Wildman–Crippen LogP) is 1.80. The van der Waals surface area contributed by atoms with E-state index in [1.54, 1.807) is 48.5 Å². The van der Waals surface area contributed by atoms with Gasteiger partial charge in [0, 0.05) is 37.7 Å². The minimum Gasteiger partial charge on any atom is -0.633 e. The number of rotatable bonds is 7. The zero-order valence-corrected chi connectivity index (χ0v) is 33.3. The van der Waals surface area contributed by atoms with E-state index < -0.39 is 124 Å². The molecule has 3 saturated heterocycles. The van der Waals surface area contributed by atoms with Gasteiger partial charge in [-0.15, -0.1) is 0 Å². The second-order valence-corrected chi connectivity index (χ2v) is 16.9. The summed E-state index contributed by atoms with van der Waals surface area (Å²) in [6.07, 6.45) is -11.1. The van der Waals surface area contributed by atoms with Crippen LogP contribution in [0.1, 0.15) is 94.9 Å². The number of nitrogens with zero attached hydrogens (tertiary/aromatic N) is 1. The van der Waals surface area contributed by atoms with Crippen LogP contribution in [0.3, 0.4) is 0 Å². The molecule has 15 heteroatoms. The molecule has 3 rings (SSSR count). The maximum Gasteiger partial charge on any atom is 0.311 e. The monoisotopic (exact) mass is 749 g/mol. The quantitative estimate of drug-likeness (QED) is 0.143. The van der Waals surface area contributed by atoms with Crippen molar-refractivity contribution in [3.8, 4) is 0 Å². The van der Waals surface area contributed by atoms with Crippen LogP contribution in [0.25, 0.3) is 0 Å². The molecule has 0 saturated carbocycles. The second kappa shape index (κ2) is 16.8. The molecule has 304 valence electrons. The number of esters is 1. The molecule has 0 amide bonds. The van der Waals surface area contributed by atoms with Crippen molar-refractivity contribution in [2.75, 3.05) is 21.2 Å². The van der Waals surface area contributed by atoms with Gasteiger partial charge in [0.15, 0.2) is 18.7 Å². The van der Waals surface area contributed by atoms with Gasteiger partial charge in [0.05, 0.1) is 61.7 Å². The maximum atomic E-state index is 14.1. The Balaban J connectivity index is 2.20. The first kappa shape index (κ1) is 45.1. The van der Waals surface area contributed by atoms with E-state index in [1.807, 2.05) is 0 Å². The number of carbonyl (C=O) groups is 2. The van der Waals surface area contributed by atoms with Gasteiger partial charge in [-0.2, -0.15) is 0 Å². The van der Waals surface area contributed by atoms with Crippen LogP contribution in [0.5, 0.6) is 0 Å². The van der Waals surface area contributed by atoms with E-state index in [-0.39, 0.29) is 25.7 Å². The standard InChI is InChI=1S/C37H67NO14/c1-14-25-37(10,45)30(41)20(4)27(39)18(2)16-35(8,44)32(52-34-28(40)24(38(11,12)46)15-19(3)48-34)21(5)29(22(6)33(43)50-25)51-26-17-36(9,47-13)31(42)23(7)49-26/h18-26,28-32,34,40-42,44-45H,14-17H2,1-13H3/t18-,19-,20+,21+,22-,23+,24+,25-,26+,28-,29?,30-,31+,32-,34+,35-,36-,37-/m1/s1. The second-order valence-electron chi connectivity index (χ2n) is 16.9. The number of ether oxygens (including phenoxy) is 6. The lowest BCUT2D eigenvalue weighted by Crippen LogP contribution is -2.63. The van der Waals surface area contributed by atoms with Gasteiger partial charge in [0.25, 0.3) is 0 Å².